The van der Waals surface area contributed by atoms with Crippen LogP contribution < -0.4 is 5.32 Å². The van der Waals surface area contributed by atoms with Gasteiger partial charge in [0, 0.05) is 17.9 Å². The van der Waals surface area contributed by atoms with Gasteiger partial charge in [0.05, 0.1) is 0 Å². The maximum Gasteiger partial charge on any atom is 0.221 e. The van der Waals surface area contributed by atoms with Crippen LogP contribution in [-0.4, -0.2) is 5.91 Å². The molecule has 0 heterocycles. The van der Waals surface area contributed by atoms with Gasteiger partial charge in [-0.1, -0.05) is 36.4 Å². The highest BCUT2D eigenvalue weighted by molar-refractivity contribution is 7.80. The third-order valence-corrected chi connectivity index (χ3v) is 3.23. The maximum atomic E-state index is 11.0. The molecule has 2 rings (SSSR count). The van der Waals surface area contributed by atoms with Crippen LogP contribution in [0.1, 0.15) is 24.7 Å². The summed E-state index contributed by atoms with van der Waals surface area (Å²) in [6, 6.07) is 16.2. The standard InChI is InChI=1S/C16H17NOS/c1-11(19)13-3-5-14(6-4-13)15-7-9-16(10-8-15)17-12(2)18/h3-11,19H,1-2H3,(H,17,18). The minimum Gasteiger partial charge on any atom is -0.326 e. The van der Waals surface area contributed by atoms with Gasteiger partial charge in [0.2, 0.25) is 5.91 Å². The number of carbonyl (C=O) groups is 1. The first-order valence-corrected chi connectivity index (χ1v) is 6.74. The van der Waals surface area contributed by atoms with Crippen LogP contribution in [0.5, 0.6) is 0 Å². The van der Waals surface area contributed by atoms with Crippen LogP contribution in [0.15, 0.2) is 48.5 Å². The van der Waals surface area contributed by atoms with Crippen molar-refractivity contribution in [1.29, 1.82) is 0 Å². The Balaban J connectivity index is 2.19. The molecule has 2 aromatic rings. The molecule has 98 valence electrons. The Labute approximate surface area is 119 Å². The maximum absolute atomic E-state index is 11.0. The fraction of sp³-hybridized carbons (Fsp3) is 0.188. The van der Waals surface area contributed by atoms with E-state index in [1.807, 2.05) is 24.3 Å². The number of hydrogen-bond donors (Lipinski definition) is 2. The summed E-state index contributed by atoms with van der Waals surface area (Å²) < 4.78 is 0. The lowest BCUT2D eigenvalue weighted by molar-refractivity contribution is -0.114. The molecule has 1 atom stereocenters. The third-order valence-electron chi connectivity index (χ3n) is 2.93. The Morgan fingerprint density at radius 1 is 1.00 bits per heavy atom. The van der Waals surface area contributed by atoms with Gasteiger partial charge < -0.3 is 5.32 Å². The van der Waals surface area contributed by atoms with Crippen LogP contribution >= 0.6 is 12.6 Å². The first-order valence-electron chi connectivity index (χ1n) is 6.22. The summed E-state index contributed by atoms with van der Waals surface area (Å²) in [5.74, 6) is -0.0557. The van der Waals surface area contributed by atoms with Crippen molar-refractivity contribution in [3.05, 3.63) is 54.1 Å². The van der Waals surface area contributed by atoms with Gasteiger partial charge in [-0.25, -0.2) is 0 Å². The van der Waals surface area contributed by atoms with Gasteiger partial charge in [-0.05, 0) is 35.7 Å². The highest BCUT2D eigenvalue weighted by Gasteiger charge is 2.02. The molecule has 1 N–H and O–H groups in total. The average molecular weight is 271 g/mol. The van der Waals surface area contributed by atoms with Crippen molar-refractivity contribution in [1.82, 2.24) is 0 Å². The van der Waals surface area contributed by atoms with Gasteiger partial charge in [-0.3, -0.25) is 4.79 Å². The van der Waals surface area contributed by atoms with Crippen LogP contribution in [-0.2, 0) is 4.79 Å². The van der Waals surface area contributed by atoms with Gasteiger partial charge in [0.1, 0.15) is 0 Å². The number of rotatable bonds is 3. The molecule has 2 nitrogen and oxygen atoms in total. The summed E-state index contributed by atoms with van der Waals surface area (Å²) in [5.41, 5.74) is 4.32. The Hall–Kier alpha value is -1.74. The second kappa shape index (κ2) is 5.93. The largest absolute Gasteiger partial charge is 0.326 e. The Morgan fingerprint density at radius 2 is 1.47 bits per heavy atom. The topological polar surface area (TPSA) is 29.1 Å². The summed E-state index contributed by atoms with van der Waals surface area (Å²) >= 11 is 4.41. The third kappa shape index (κ3) is 3.61. The van der Waals surface area contributed by atoms with Crippen molar-refractivity contribution in [3.8, 4) is 11.1 Å². The molecule has 1 unspecified atom stereocenters. The predicted octanol–water partition coefficient (Wildman–Crippen LogP) is 4.30. The van der Waals surface area contributed by atoms with Crippen molar-refractivity contribution in [2.45, 2.75) is 19.1 Å². The molecule has 19 heavy (non-hydrogen) atoms. The first kappa shape index (κ1) is 13.7. The molecular formula is C16H17NOS. The minimum absolute atomic E-state index is 0.0557. The van der Waals surface area contributed by atoms with Crippen LogP contribution in [0.4, 0.5) is 5.69 Å². The summed E-state index contributed by atoms with van der Waals surface area (Å²) in [5, 5.41) is 3.00. The zero-order valence-electron chi connectivity index (χ0n) is 11.1. The summed E-state index contributed by atoms with van der Waals surface area (Å²) in [6.45, 7) is 3.56. The van der Waals surface area contributed by atoms with Crippen molar-refractivity contribution < 1.29 is 4.79 Å². The van der Waals surface area contributed by atoms with E-state index < -0.39 is 0 Å². The summed E-state index contributed by atoms with van der Waals surface area (Å²) in [6.07, 6.45) is 0. The number of thiol groups is 1. The summed E-state index contributed by atoms with van der Waals surface area (Å²) in [4.78, 5) is 11.0. The molecule has 2 aromatic carbocycles. The SMILES string of the molecule is CC(=O)Nc1ccc(-c2ccc(C(C)S)cc2)cc1. The molecule has 0 aliphatic rings. The number of hydrogen-bond acceptors (Lipinski definition) is 2. The van der Waals surface area contributed by atoms with E-state index in [1.165, 1.54) is 12.5 Å². The van der Waals surface area contributed by atoms with Crippen molar-refractivity contribution in [2.24, 2.45) is 0 Å². The number of amides is 1. The fourth-order valence-corrected chi connectivity index (χ4v) is 2.08. The molecule has 0 saturated heterocycles. The minimum atomic E-state index is -0.0557. The van der Waals surface area contributed by atoms with Gasteiger partial charge in [-0.15, -0.1) is 0 Å². The lowest BCUT2D eigenvalue weighted by Gasteiger charge is -2.08. The van der Waals surface area contributed by atoms with Crippen molar-refractivity contribution >= 4 is 24.2 Å². The van der Waals surface area contributed by atoms with Gasteiger partial charge in [-0.2, -0.15) is 12.6 Å². The number of nitrogens with one attached hydrogen (secondary N) is 1. The lowest BCUT2D eigenvalue weighted by Crippen LogP contribution is -2.05. The molecular weight excluding hydrogens is 254 g/mol. The Kier molecular flexibility index (Phi) is 4.27. The smallest absolute Gasteiger partial charge is 0.221 e. The van der Waals surface area contributed by atoms with Crippen LogP contribution in [0.25, 0.3) is 11.1 Å². The molecule has 0 spiro atoms. The van der Waals surface area contributed by atoms with E-state index in [0.717, 1.165) is 16.8 Å². The van der Waals surface area contributed by atoms with Crippen LogP contribution in [0.3, 0.4) is 0 Å². The zero-order chi connectivity index (χ0) is 13.8. The van der Waals surface area contributed by atoms with E-state index in [9.17, 15) is 4.79 Å². The quantitative estimate of drug-likeness (QED) is 0.801. The zero-order valence-corrected chi connectivity index (χ0v) is 11.9. The number of anilines is 1. The van der Waals surface area contributed by atoms with Crippen molar-refractivity contribution in [2.75, 3.05) is 5.32 Å². The number of carbonyl (C=O) groups excluding carboxylic acids is 1. The second-order valence-electron chi connectivity index (χ2n) is 4.56. The van der Waals surface area contributed by atoms with Crippen LogP contribution in [0, 0.1) is 0 Å². The highest BCUT2D eigenvalue weighted by Crippen LogP contribution is 2.25. The van der Waals surface area contributed by atoms with Crippen LogP contribution in [0.2, 0.25) is 0 Å². The van der Waals surface area contributed by atoms with Gasteiger partial charge in [0.25, 0.3) is 0 Å². The van der Waals surface area contributed by atoms with Crippen molar-refractivity contribution in [3.63, 3.8) is 0 Å². The van der Waals surface area contributed by atoms with Gasteiger partial charge in [0.15, 0.2) is 0 Å². The van der Waals surface area contributed by atoms with E-state index in [2.05, 4.69) is 49.1 Å². The first-order chi connectivity index (χ1) is 9.06. The Morgan fingerprint density at radius 3 is 1.89 bits per heavy atom. The molecule has 3 heteroatoms. The molecule has 0 aliphatic carbocycles. The highest BCUT2D eigenvalue weighted by atomic mass is 32.1. The van der Waals surface area contributed by atoms with Gasteiger partial charge >= 0.3 is 0 Å². The average Bonchev–Trinajstić information content (AvgIpc) is 2.39. The molecule has 0 fully saturated rings. The molecule has 0 bridgehead atoms. The monoisotopic (exact) mass is 271 g/mol. The van der Waals surface area contributed by atoms with E-state index >= 15 is 0 Å². The molecule has 0 saturated carbocycles. The van der Waals surface area contributed by atoms with E-state index in [1.54, 1.807) is 0 Å². The predicted molar refractivity (Wildman–Crippen MR) is 83.6 cm³/mol. The molecule has 0 aliphatic heterocycles. The fourth-order valence-electron chi connectivity index (χ4n) is 1.90. The molecule has 1 amide bonds. The molecule has 0 radical (unpaired) electrons. The normalized spacial score (nSPS) is 11.9. The molecule has 0 aromatic heterocycles. The number of benzene rings is 2. The van der Waals surface area contributed by atoms with E-state index in [4.69, 9.17) is 0 Å². The van der Waals surface area contributed by atoms with E-state index in [-0.39, 0.29) is 11.2 Å². The lowest BCUT2D eigenvalue weighted by atomic mass is 10.0. The second-order valence-corrected chi connectivity index (χ2v) is 5.33. The summed E-state index contributed by atoms with van der Waals surface area (Å²) in [7, 11) is 0. The Bertz CT molecular complexity index is 558. The van der Waals surface area contributed by atoms with E-state index in [0.29, 0.717) is 0 Å².